The molecule has 0 saturated heterocycles. The van der Waals surface area contributed by atoms with Gasteiger partial charge in [0.1, 0.15) is 0 Å². The fourth-order valence-corrected chi connectivity index (χ4v) is 2.50. The van der Waals surface area contributed by atoms with Gasteiger partial charge in [-0.25, -0.2) is 0 Å². The molecule has 1 aromatic carbocycles. The van der Waals surface area contributed by atoms with Crippen LogP contribution in [-0.4, -0.2) is 30.6 Å². The fraction of sp³-hybridized carbons (Fsp3) is 0.600. The molecule has 2 heteroatoms. The molecule has 0 aromatic heterocycles. The Hall–Kier alpha value is -0.860. The van der Waals surface area contributed by atoms with Crippen LogP contribution in [0.4, 0.5) is 0 Å². The second kappa shape index (κ2) is 5.65. The van der Waals surface area contributed by atoms with E-state index in [-0.39, 0.29) is 0 Å². The number of hydrogen-bond donors (Lipinski definition) is 1. The summed E-state index contributed by atoms with van der Waals surface area (Å²) in [5, 5.41) is 3.62. The summed E-state index contributed by atoms with van der Waals surface area (Å²) < 4.78 is 0. The number of nitrogens with zero attached hydrogens (tertiary/aromatic N) is 1. The maximum Gasteiger partial charge on any atom is 0.0475 e. The zero-order valence-electron chi connectivity index (χ0n) is 11.2. The van der Waals surface area contributed by atoms with E-state index in [2.05, 4.69) is 61.4 Å². The summed E-state index contributed by atoms with van der Waals surface area (Å²) in [5.74, 6) is 0. The molecule has 1 fully saturated rings. The normalized spacial score (nSPS) is 19.3. The van der Waals surface area contributed by atoms with Gasteiger partial charge in [0.25, 0.3) is 0 Å². The number of likely N-dealkylation sites (N-methyl/N-ethyl adjacent to an activating group) is 2. The quantitative estimate of drug-likeness (QED) is 0.811. The summed E-state index contributed by atoms with van der Waals surface area (Å²) in [6.45, 7) is 5.53. The molecule has 1 N–H and O–H groups in total. The topological polar surface area (TPSA) is 15.3 Å². The summed E-state index contributed by atoms with van der Waals surface area (Å²) >= 11 is 0. The van der Waals surface area contributed by atoms with Crippen molar-refractivity contribution in [3.05, 3.63) is 35.9 Å². The maximum absolute atomic E-state index is 3.62. The fourth-order valence-electron chi connectivity index (χ4n) is 2.50. The molecular weight excluding hydrogens is 208 g/mol. The average molecular weight is 232 g/mol. The third kappa shape index (κ3) is 3.08. The largest absolute Gasteiger partial charge is 0.309 e. The molecule has 94 valence electrons. The summed E-state index contributed by atoms with van der Waals surface area (Å²) in [5.41, 5.74) is 1.40. The van der Waals surface area contributed by atoms with E-state index in [4.69, 9.17) is 0 Å². The van der Waals surface area contributed by atoms with Crippen molar-refractivity contribution in [1.29, 1.82) is 0 Å². The molecule has 0 spiro atoms. The first-order valence-corrected chi connectivity index (χ1v) is 6.74. The maximum atomic E-state index is 3.62. The van der Waals surface area contributed by atoms with Crippen molar-refractivity contribution in [3.8, 4) is 0 Å². The lowest BCUT2D eigenvalue weighted by Crippen LogP contribution is -2.42. The standard InChI is InChI=1S/C15H24N2/c1-4-16-15(13-8-6-5-7-9-13)12(2)17(3)14-10-11-14/h5-9,12,14-16H,4,10-11H2,1-3H3. The number of benzene rings is 1. The number of hydrogen-bond acceptors (Lipinski definition) is 2. The second-order valence-corrected chi connectivity index (χ2v) is 5.08. The summed E-state index contributed by atoms with van der Waals surface area (Å²) in [4.78, 5) is 2.53. The summed E-state index contributed by atoms with van der Waals surface area (Å²) in [7, 11) is 2.26. The Morgan fingerprint density at radius 3 is 2.47 bits per heavy atom. The number of nitrogens with one attached hydrogen (secondary N) is 1. The van der Waals surface area contributed by atoms with Crippen molar-refractivity contribution >= 4 is 0 Å². The van der Waals surface area contributed by atoms with E-state index in [0.29, 0.717) is 12.1 Å². The molecule has 1 aromatic rings. The van der Waals surface area contributed by atoms with Crippen molar-refractivity contribution in [1.82, 2.24) is 10.2 Å². The van der Waals surface area contributed by atoms with Crippen LogP contribution in [0.3, 0.4) is 0 Å². The second-order valence-electron chi connectivity index (χ2n) is 5.08. The number of rotatable bonds is 6. The van der Waals surface area contributed by atoms with E-state index < -0.39 is 0 Å². The smallest absolute Gasteiger partial charge is 0.0475 e. The van der Waals surface area contributed by atoms with Crippen LogP contribution < -0.4 is 5.32 Å². The van der Waals surface area contributed by atoms with Gasteiger partial charge in [0.05, 0.1) is 0 Å². The van der Waals surface area contributed by atoms with Crippen LogP contribution in [0.2, 0.25) is 0 Å². The van der Waals surface area contributed by atoms with E-state index in [1.807, 2.05) is 0 Å². The molecule has 0 heterocycles. The van der Waals surface area contributed by atoms with Crippen molar-refractivity contribution in [2.45, 2.75) is 44.8 Å². The van der Waals surface area contributed by atoms with Crippen LogP contribution >= 0.6 is 0 Å². The Morgan fingerprint density at radius 2 is 1.94 bits per heavy atom. The van der Waals surface area contributed by atoms with Gasteiger partial charge in [-0.2, -0.15) is 0 Å². The van der Waals surface area contributed by atoms with Gasteiger partial charge in [-0.3, -0.25) is 4.90 Å². The van der Waals surface area contributed by atoms with Gasteiger partial charge in [0.15, 0.2) is 0 Å². The monoisotopic (exact) mass is 232 g/mol. The van der Waals surface area contributed by atoms with Crippen LogP contribution in [0, 0.1) is 0 Å². The van der Waals surface area contributed by atoms with Crippen molar-refractivity contribution in [2.75, 3.05) is 13.6 Å². The molecule has 0 amide bonds. The van der Waals surface area contributed by atoms with Crippen molar-refractivity contribution in [3.63, 3.8) is 0 Å². The minimum atomic E-state index is 0.437. The first kappa shape index (κ1) is 12.6. The highest BCUT2D eigenvalue weighted by atomic mass is 15.2. The molecule has 0 bridgehead atoms. The van der Waals surface area contributed by atoms with Gasteiger partial charge in [-0.1, -0.05) is 37.3 Å². The van der Waals surface area contributed by atoms with Gasteiger partial charge >= 0.3 is 0 Å². The minimum Gasteiger partial charge on any atom is -0.309 e. The van der Waals surface area contributed by atoms with Crippen LogP contribution in [0.25, 0.3) is 0 Å². The van der Waals surface area contributed by atoms with E-state index in [0.717, 1.165) is 12.6 Å². The van der Waals surface area contributed by atoms with Crippen LogP contribution in [0.5, 0.6) is 0 Å². The third-order valence-corrected chi connectivity index (χ3v) is 3.83. The Labute approximate surface area is 105 Å². The lowest BCUT2D eigenvalue weighted by molar-refractivity contribution is 0.199. The Bertz CT molecular complexity index is 332. The predicted octanol–water partition coefficient (Wildman–Crippen LogP) is 2.82. The SMILES string of the molecule is CCNC(c1ccccc1)C(C)N(C)C1CC1. The Kier molecular flexibility index (Phi) is 4.19. The van der Waals surface area contributed by atoms with Crippen LogP contribution in [0.1, 0.15) is 38.3 Å². The van der Waals surface area contributed by atoms with E-state index >= 15 is 0 Å². The van der Waals surface area contributed by atoms with Crippen LogP contribution in [-0.2, 0) is 0 Å². The summed E-state index contributed by atoms with van der Waals surface area (Å²) in [6.07, 6.45) is 2.74. The molecule has 1 aliphatic carbocycles. The molecule has 17 heavy (non-hydrogen) atoms. The first-order chi connectivity index (χ1) is 8.24. The molecule has 2 atom stereocenters. The van der Waals surface area contributed by atoms with Crippen LogP contribution in [0.15, 0.2) is 30.3 Å². The zero-order chi connectivity index (χ0) is 12.3. The molecule has 2 nitrogen and oxygen atoms in total. The Balaban J connectivity index is 2.10. The molecule has 0 aliphatic heterocycles. The highest BCUT2D eigenvalue weighted by Crippen LogP contribution is 2.31. The third-order valence-electron chi connectivity index (χ3n) is 3.83. The highest BCUT2D eigenvalue weighted by molar-refractivity contribution is 5.20. The van der Waals surface area contributed by atoms with E-state index in [1.54, 1.807) is 0 Å². The summed E-state index contributed by atoms with van der Waals surface area (Å²) in [6, 6.07) is 12.6. The molecular formula is C15H24N2. The van der Waals surface area contributed by atoms with Gasteiger partial charge < -0.3 is 5.32 Å². The van der Waals surface area contributed by atoms with Crippen molar-refractivity contribution < 1.29 is 0 Å². The first-order valence-electron chi connectivity index (χ1n) is 6.74. The van der Waals surface area contributed by atoms with Gasteiger partial charge in [0, 0.05) is 18.1 Å². The Morgan fingerprint density at radius 1 is 1.29 bits per heavy atom. The molecule has 1 aliphatic rings. The predicted molar refractivity (Wildman–Crippen MR) is 73.1 cm³/mol. The van der Waals surface area contributed by atoms with Gasteiger partial charge in [-0.15, -0.1) is 0 Å². The molecule has 2 unspecified atom stereocenters. The van der Waals surface area contributed by atoms with E-state index in [1.165, 1.54) is 18.4 Å². The highest BCUT2D eigenvalue weighted by Gasteiger charge is 2.32. The molecule has 1 saturated carbocycles. The van der Waals surface area contributed by atoms with Crippen molar-refractivity contribution in [2.24, 2.45) is 0 Å². The van der Waals surface area contributed by atoms with Gasteiger partial charge in [-0.05, 0) is 38.9 Å². The molecule has 2 rings (SSSR count). The van der Waals surface area contributed by atoms with Gasteiger partial charge in [0.2, 0.25) is 0 Å². The average Bonchev–Trinajstić information content (AvgIpc) is 3.19. The lowest BCUT2D eigenvalue weighted by Gasteiger charge is -2.33. The minimum absolute atomic E-state index is 0.437. The lowest BCUT2D eigenvalue weighted by atomic mass is 9.99. The zero-order valence-corrected chi connectivity index (χ0v) is 11.2. The van der Waals surface area contributed by atoms with E-state index in [9.17, 15) is 0 Å². The molecule has 0 radical (unpaired) electrons.